The van der Waals surface area contributed by atoms with E-state index in [0.29, 0.717) is 0 Å². The molecule has 0 bridgehead atoms. The average molecular weight is 281 g/mol. The van der Waals surface area contributed by atoms with Gasteiger partial charge >= 0.3 is 0 Å². The minimum absolute atomic E-state index is 0.823. The summed E-state index contributed by atoms with van der Waals surface area (Å²) in [5.74, 6) is 0. The van der Waals surface area contributed by atoms with Crippen LogP contribution in [-0.2, 0) is 5.60 Å². The van der Waals surface area contributed by atoms with Crippen molar-refractivity contribution in [1.29, 1.82) is 0 Å². The lowest BCUT2D eigenvalue weighted by atomic mass is 9.98. The highest BCUT2D eigenvalue weighted by atomic mass is 79.9. The maximum absolute atomic E-state index is 9.89. The first-order chi connectivity index (χ1) is 7.48. The SMILES string of the molecule is CC(C)(O)c1ccc(-n2ccnc2)c(Br)c1. The van der Waals surface area contributed by atoms with Crippen LogP contribution in [0, 0.1) is 0 Å². The molecule has 0 atom stereocenters. The molecule has 3 nitrogen and oxygen atoms in total. The number of aliphatic hydroxyl groups is 1. The Kier molecular flexibility index (Phi) is 2.86. The van der Waals surface area contributed by atoms with Crippen molar-refractivity contribution < 1.29 is 5.11 Å². The van der Waals surface area contributed by atoms with E-state index in [-0.39, 0.29) is 0 Å². The maximum atomic E-state index is 9.89. The van der Waals surface area contributed by atoms with Crippen molar-refractivity contribution in [2.45, 2.75) is 19.4 Å². The standard InChI is InChI=1S/C12H13BrN2O/c1-12(2,16)9-3-4-11(10(13)7-9)15-6-5-14-8-15/h3-8,16H,1-2H3. The summed E-state index contributed by atoms with van der Waals surface area (Å²) < 4.78 is 2.85. The van der Waals surface area contributed by atoms with E-state index in [2.05, 4.69) is 20.9 Å². The van der Waals surface area contributed by atoms with Gasteiger partial charge < -0.3 is 9.67 Å². The van der Waals surface area contributed by atoms with Gasteiger partial charge in [-0.3, -0.25) is 0 Å². The molecule has 1 heterocycles. The van der Waals surface area contributed by atoms with Crippen molar-refractivity contribution in [2.24, 2.45) is 0 Å². The zero-order valence-electron chi connectivity index (χ0n) is 9.18. The molecule has 0 saturated carbocycles. The number of hydrogen-bond acceptors (Lipinski definition) is 2. The molecule has 1 N–H and O–H groups in total. The van der Waals surface area contributed by atoms with Crippen molar-refractivity contribution in [2.75, 3.05) is 0 Å². The lowest BCUT2D eigenvalue weighted by molar-refractivity contribution is 0.0785. The van der Waals surface area contributed by atoms with Gasteiger partial charge in [0.25, 0.3) is 0 Å². The highest BCUT2D eigenvalue weighted by Crippen LogP contribution is 2.27. The minimum Gasteiger partial charge on any atom is -0.386 e. The van der Waals surface area contributed by atoms with Crippen molar-refractivity contribution in [3.05, 3.63) is 47.0 Å². The van der Waals surface area contributed by atoms with Gasteiger partial charge in [-0.05, 0) is 47.5 Å². The second-order valence-corrected chi connectivity index (χ2v) is 5.05. The Bertz CT molecular complexity index is 486. The second-order valence-electron chi connectivity index (χ2n) is 4.20. The van der Waals surface area contributed by atoms with Crippen LogP contribution in [0.5, 0.6) is 0 Å². The van der Waals surface area contributed by atoms with Crippen LogP contribution < -0.4 is 0 Å². The lowest BCUT2D eigenvalue weighted by Gasteiger charge is -2.19. The van der Waals surface area contributed by atoms with Crippen molar-refractivity contribution in [3.8, 4) is 5.69 Å². The van der Waals surface area contributed by atoms with Gasteiger partial charge in [0.15, 0.2) is 0 Å². The summed E-state index contributed by atoms with van der Waals surface area (Å²) in [6.45, 7) is 3.54. The van der Waals surface area contributed by atoms with Gasteiger partial charge in [-0.2, -0.15) is 0 Å². The van der Waals surface area contributed by atoms with E-state index in [1.807, 2.05) is 29.0 Å². The molecule has 0 radical (unpaired) electrons. The number of benzene rings is 1. The predicted molar refractivity (Wildman–Crippen MR) is 66.5 cm³/mol. The Labute approximate surface area is 103 Å². The molecule has 1 aromatic heterocycles. The monoisotopic (exact) mass is 280 g/mol. The molecule has 2 aromatic rings. The number of hydrogen-bond donors (Lipinski definition) is 1. The van der Waals surface area contributed by atoms with E-state index in [1.165, 1.54) is 0 Å². The lowest BCUT2D eigenvalue weighted by Crippen LogP contribution is -2.15. The zero-order chi connectivity index (χ0) is 11.8. The third kappa shape index (κ3) is 2.18. The summed E-state index contributed by atoms with van der Waals surface area (Å²) in [5.41, 5.74) is 1.06. The molecule has 0 aliphatic rings. The molecule has 4 heteroatoms. The van der Waals surface area contributed by atoms with E-state index in [0.717, 1.165) is 15.7 Å². The van der Waals surface area contributed by atoms with Gasteiger partial charge in [0.2, 0.25) is 0 Å². The van der Waals surface area contributed by atoms with E-state index in [4.69, 9.17) is 0 Å². The highest BCUT2D eigenvalue weighted by Gasteiger charge is 2.17. The fourth-order valence-corrected chi connectivity index (χ4v) is 2.08. The predicted octanol–water partition coefficient (Wildman–Crippen LogP) is 2.86. The smallest absolute Gasteiger partial charge is 0.0992 e. The van der Waals surface area contributed by atoms with Gasteiger partial charge in [0, 0.05) is 16.9 Å². The van der Waals surface area contributed by atoms with Gasteiger partial charge in [0.05, 0.1) is 17.6 Å². The largest absolute Gasteiger partial charge is 0.386 e. The topological polar surface area (TPSA) is 38.0 Å². The van der Waals surface area contributed by atoms with Crippen LogP contribution in [0.25, 0.3) is 5.69 Å². The molecule has 2 rings (SSSR count). The minimum atomic E-state index is -0.823. The van der Waals surface area contributed by atoms with Gasteiger partial charge in [-0.15, -0.1) is 0 Å². The molecular formula is C12H13BrN2O. The second kappa shape index (κ2) is 4.03. The van der Waals surface area contributed by atoms with Crippen molar-refractivity contribution in [3.63, 3.8) is 0 Å². The van der Waals surface area contributed by atoms with Crippen LogP contribution in [0.15, 0.2) is 41.4 Å². The van der Waals surface area contributed by atoms with Crippen LogP contribution >= 0.6 is 15.9 Å². The maximum Gasteiger partial charge on any atom is 0.0992 e. The first-order valence-electron chi connectivity index (χ1n) is 4.99. The molecule has 0 amide bonds. The number of halogens is 1. The number of nitrogens with zero attached hydrogens (tertiary/aromatic N) is 2. The van der Waals surface area contributed by atoms with Gasteiger partial charge in [-0.25, -0.2) is 4.98 Å². The van der Waals surface area contributed by atoms with E-state index < -0.39 is 5.60 Å². The summed E-state index contributed by atoms with van der Waals surface area (Å²) >= 11 is 3.50. The molecule has 84 valence electrons. The summed E-state index contributed by atoms with van der Waals surface area (Å²) in [6.07, 6.45) is 5.35. The van der Waals surface area contributed by atoms with E-state index in [1.54, 1.807) is 26.4 Å². The Morgan fingerprint density at radius 1 is 1.38 bits per heavy atom. The van der Waals surface area contributed by atoms with E-state index in [9.17, 15) is 5.11 Å². The Morgan fingerprint density at radius 3 is 2.62 bits per heavy atom. The number of aromatic nitrogens is 2. The molecule has 1 aromatic carbocycles. The summed E-state index contributed by atoms with van der Waals surface area (Å²) in [5, 5.41) is 9.89. The molecular weight excluding hydrogens is 268 g/mol. The van der Waals surface area contributed by atoms with E-state index >= 15 is 0 Å². The molecule has 16 heavy (non-hydrogen) atoms. The van der Waals surface area contributed by atoms with Crippen molar-refractivity contribution >= 4 is 15.9 Å². The highest BCUT2D eigenvalue weighted by molar-refractivity contribution is 9.10. The summed E-state index contributed by atoms with van der Waals surface area (Å²) in [7, 11) is 0. The first kappa shape index (κ1) is 11.4. The summed E-state index contributed by atoms with van der Waals surface area (Å²) in [6, 6.07) is 5.80. The molecule has 0 unspecified atom stereocenters. The van der Waals surface area contributed by atoms with Crippen LogP contribution in [0.4, 0.5) is 0 Å². The molecule has 0 fully saturated rings. The summed E-state index contributed by atoms with van der Waals surface area (Å²) in [4.78, 5) is 4.00. The average Bonchev–Trinajstić information content (AvgIpc) is 2.69. The number of imidazole rings is 1. The molecule has 0 saturated heterocycles. The Balaban J connectivity index is 2.46. The van der Waals surface area contributed by atoms with Gasteiger partial charge in [-0.1, -0.05) is 6.07 Å². The molecule has 0 aliphatic heterocycles. The third-order valence-electron chi connectivity index (χ3n) is 2.44. The number of rotatable bonds is 2. The van der Waals surface area contributed by atoms with Crippen molar-refractivity contribution in [1.82, 2.24) is 9.55 Å². The normalized spacial score (nSPS) is 11.8. The Morgan fingerprint density at radius 2 is 2.12 bits per heavy atom. The van der Waals surface area contributed by atoms with Crippen LogP contribution in [-0.4, -0.2) is 14.7 Å². The fourth-order valence-electron chi connectivity index (χ4n) is 1.50. The quantitative estimate of drug-likeness (QED) is 0.919. The van der Waals surface area contributed by atoms with Crippen LogP contribution in [0.1, 0.15) is 19.4 Å². The molecule has 0 spiro atoms. The fraction of sp³-hybridized carbons (Fsp3) is 0.250. The van der Waals surface area contributed by atoms with Crippen LogP contribution in [0.3, 0.4) is 0 Å². The zero-order valence-corrected chi connectivity index (χ0v) is 10.8. The first-order valence-corrected chi connectivity index (χ1v) is 5.78. The Hall–Kier alpha value is -1.13. The molecule has 0 aliphatic carbocycles. The van der Waals surface area contributed by atoms with Gasteiger partial charge in [0.1, 0.15) is 0 Å². The third-order valence-corrected chi connectivity index (χ3v) is 3.07. The van der Waals surface area contributed by atoms with Crippen LogP contribution in [0.2, 0.25) is 0 Å².